The number of aromatic nitrogens is 1. The Bertz CT molecular complexity index is 343. The van der Waals surface area contributed by atoms with Crippen LogP contribution in [0.25, 0.3) is 0 Å². The van der Waals surface area contributed by atoms with Gasteiger partial charge in [-0.1, -0.05) is 12.2 Å². The van der Waals surface area contributed by atoms with Crippen LogP contribution in [0.15, 0.2) is 12.1 Å². The van der Waals surface area contributed by atoms with Crippen LogP contribution in [0.1, 0.15) is 16.2 Å². The fourth-order valence-corrected chi connectivity index (χ4v) is 1.09. The third-order valence-corrected chi connectivity index (χ3v) is 1.44. The van der Waals surface area contributed by atoms with Crippen molar-refractivity contribution in [3.8, 4) is 0 Å². The molecule has 0 atom stereocenters. The molecule has 0 aliphatic heterocycles. The van der Waals surface area contributed by atoms with E-state index in [4.69, 9.17) is 17.3 Å². The van der Waals surface area contributed by atoms with E-state index in [0.29, 0.717) is 4.51 Å². The lowest BCUT2D eigenvalue weighted by atomic mass is 10.3. The van der Waals surface area contributed by atoms with Crippen molar-refractivity contribution < 1.29 is 9.90 Å². The molecule has 0 bridgehead atoms. The number of aryl methyl sites for hydroxylation is 1. The topological polar surface area (TPSA) is 53.1 Å². The van der Waals surface area contributed by atoms with Crippen molar-refractivity contribution in [2.75, 3.05) is 0 Å². The van der Waals surface area contributed by atoms with Crippen molar-refractivity contribution in [3.63, 3.8) is 0 Å². The highest BCUT2D eigenvalue weighted by atomic mass is 32.1. The SMILES string of the molecule is Cc1cc(=S)cc(C(=O)O)[nH]1. The minimum Gasteiger partial charge on any atom is -0.477 e. The highest BCUT2D eigenvalue weighted by Gasteiger charge is 2.01. The zero-order valence-electron chi connectivity index (χ0n) is 5.92. The number of carbonyl (C=O) groups is 1. The van der Waals surface area contributed by atoms with Gasteiger partial charge in [-0.3, -0.25) is 0 Å². The van der Waals surface area contributed by atoms with Gasteiger partial charge >= 0.3 is 5.97 Å². The average molecular weight is 169 g/mol. The summed E-state index contributed by atoms with van der Waals surface area (Å²) in [5, 5.41) is 8.56. The van der Waals surface area contributed by atoms with Crippen LogP contribution < -0.4 is 0 Å². The van der Waals surface area contributed by atoms with Crippen molar-refractivity contribution in [2.45, 2.75) is 6.92 Å². The molecule has 1 heterocycles. The first-order chi connectivity index (χ1) is 5.09. The predicted molar refractivity (Wildman–Crippen MR) is 43.3 cm³/mol. The van der Waals surface area contributed by atoms with E-state index in [0.717, 1.165) is 5.69 Å². The van der Waals surface area contributed by atoms with Crippen LogP contribution >= 0.6 is 12.2 Å². The number of aromatic amines is 1. The molecule has 0 saturated carbocycles. The van der Waals surface area contributed by atoms with Gasteiger partial charge in [0.1, 0.15) is 5.69 Å². The molecule has 11 heavy (non-hydrogen) atoms. The van der Waals surface area contributed by atoms with Crippen LogP contribution in [0.2, 0.25) is 0 Å². The minimum absolute atomic E-state index is 0.134. The predicted octanol–water partition coefficient (Wildman–Crippen LogP) is 1.75. The highest BCUT2D eigenvalue weighted by molar-refractivity contribution is 7.71. The first kappa shape index (κ1) is 7.94. The van der Waals surface area contributed by atoms with Crippen LogP contribution in [0.3, 0.4) is 0 Å². The van der Waals surface area contributed by atoms with Gasteiger partial charge in [0.2, 0.25) is 0 Å². The summed E-state index contributed by atoms with van der Waals surface area (Å²) < 4.78 is 0.540. The molecule has 58 valence electrons. The minimum atomic E-state index is -0.986. The van der Waals surface area contributed by atoms with Gasteiger partial charge in [0, 0.05) is 10.2 Å². The lowest BCUT2D eigenvalue weighted by Gasteiger charge is -1.96. The number of rotatable bonds is 1. The molecule has 4 heteroatoms. The van der Waals surface area contributed by atoms with Gasteiger partial charge in [-0.2, -0.15) is 0 Å². The van der Waals surface area contributed by atoms with E-state index in [9.17, 15) is 4.79 Å². The number of pyridine rings is 1. The number of hydrogen-bond acceptors (Lipinski definition) is 2. The van der Waals surface area contributed by atoms with E-state index < -0.39 is 5.97 Å². The molecule has 1 aromatic rings. The lowest BCUT2D eigenvalue weighted by Crippen LogP contribution is -2.00. The Kier molecular flexibility index (Phi) is 2.05. The van der Waals surface area contributed by atoms with Gasteiger partial charge in [0.25, 0.3) is 0 Å². The van der Waals surface area contributed by atoms with Crippen molar-refractivity contribution in [3.05, 3.63) is 28.0 Å². The molecule has 0 radical (unpaired) electrons. The van der Waals surface area contributed by atoms with Gasteiger partial charge in [-0.05, 0) is 19.1 Å². The molecule has 0 aliphatic carbocycles. The Morgan fingerprint density at radius 2 is 2.27 bits per heavy atom. The maximum Gasteiger partial charge on any atom is 0.352 e. The van der Waals surface area contributed by atoms with E-state index in [1.54, 1.807) is 13.0 Å². The molecule has 0 unspecified atom stereocenters. The second kappa shape index (κ2) is 2.84. The van der Waals surface area contributed by atoms with Gasteiger partial charge in [-0.15, -0.1) is 0 Å². The van der Waals surface area contributed by atoms with Crippen LogP contribution in [0, 0.1) is 11.4 Å². The summed E-state index contributed by atoms with van der Waals surface area (Å²) in [4.78, 5) is 13.1. The average Bonchev–Trinajstić information content (AvgIpc) is 1.85. The Labute approximate surface area is 68.7 Å². The van der Waals surface area contributed by atoms with Crippen LogP contribution in [0.4, 0.5) is 0 Å². The quantitative estimate of drug-likeness (QED) is 0.630. The molecular formula is C7H7NO2S. The third-order valence-electron chi connectivity index (χ3n) is 1.21. The number of hydrogen-bond donors (Lipinski definition) is 2. The summed E-state index contributed by atoms with van der Waals surface area (Å²) in [6.45, 7) is 1.77. The Hall–Kier alpha value is -1.16. The Balaban J connectivity index is 3.30. The van der Waals surface area contributed by atoms with Crippen molar-refractivity contribution in [1.82, 2.24) is 4.98 Å². The monoisotopic (exact) mass is 169 g/mol. The molecule has 1 aromatic heterocycles. The molecule has 1 rings (SSSR count). The number of nitrogens with one attached hydrogen (secondary N) is 1. The maximum absolute atomic E-state index is 10.4. The molecule has 0 aliphatic rings. The van der Waals surface area contributed by atoms with E-state index >= 15 is 0 Å². The summed E-state index contributed by atoms with van der Waals surface area (Å²) in [5.74, 6) is -0.986. The summed E-state index contributed by atoms with van der Waals surface area (Å²) in [7, 11) is 0. The number of carboxylic acid groups (broad SMARTS) is 1. The summed E-state index contributed by atoms with van der Waals surface area (Å²) >= 11 is 4.82. The molecule has 0 spiro atoms. The van der Waals surface area contributed by atoms with Gasteiger partial charge < -0.3 is 10.1 Å². The Morgan fingerprint density at radius 3 is 2.73 bits per heavy atom. The third kappa shape index (κ3) is 1.88. The van der Waals surface area contributed by atoms with Crippen molar-refractivity contribution in [1.29, 1.82) is 0 Å². The molecule has 0 aromatic carbocycles. The largest absolute Gasteiger partial charge is 0.477 e. The van der Waals surface area contributed by atoms with Crippen molar-refractivity contribution >= 4 is 18.2 Å². The number of carboxylic acids is 1. The smallest absolute Gasteiger partial charge is 0.352 e. The second-order valence-electron chi connectivity index (χ2n) is 2.22. The molecular weight excluding hydrogens is 162 g/mol. The number of aromatic carboxylic acids is 1. The van der Waals surface area contributed by atoms with Crippen LogP contribution in [-0.2, 0) is 0 Å². The van der Waals surface area contributed by atoms with Gasteiger partial charge in [-0.25, -0.2) is 4.79 Å². The zero-order valence-corrected chi connectivity index (χ0v) is 6.73. The molecule has 0 fully saturated rings. The Morgan fingerprint density at radius 1 is 1.64 bits per heavy atom. The normalized spacial score (nSPS) is 9.55. The molecule has 2 N–H and O–H groups in total. The van der Waals surface area contributed by atoms with Gasteiger partial charge in [0.15, 0.2) is 0 Å². The van der Waals surface area contributed by atoms with Crippen LogP contribution in [0.5, 0.6) is 0 Å². The fourth-order valence-electron chi connectivity index (χ4n) is 0.797. The molecule has 0 saturated heterocycles. The van der Waals surface area contributed by atoms with E-state index in [1.807, 2.05) is 0 Å². The number of H-pyrrole nitrogens is 1. The highest BCUT2D eigenvalue weighted by Crippen LogP contribution is 2.00. The maximum atomic E-state index is 10.4. The first-order valence-corrected chi connectivity index (χ1v) is 3.44. The van der Waals surface area contributed by atoms with Gasteiger partial charge in [0.05, 0.1) is 0 Å². The fraction of sp³-hybridized carbons (Fsp3) is 0.143. The van der Waals surface area contributed by atoms with E-state index in [2.05, 4.69) is 4.98 Å². The lowest BCUT2D eigenvalue weighted by molar-refractivity contribution is 0.0690. The standard InChI is InChI=1S/C7H7NO2S/c1-4-2-5(11)3-6(8-4)7(9)10/h2-3H,1H3,(H,8,11)(H,9,10). The molecule has 0 amide bonds. The first-order valence-electron chi connectivity index (χ1n) is 3.04. The van der Waals surface area contributed by atoms with Crippen molar-refractivity contribution in [2.24, 2.45) is 0 Å². The summed E-state index contributed by atoms with van der Waals surface area (Å²) in [6, 6.07) is 3.13. The summed E-state index contributed by atoms with van der Waals surface area (Å²) in [5.41, 5.74) is 0.893. The zero-order chi connectivity index (χ0) is 8.43. The molecule has 3 nitrogen and oxygen atoms in total. The summed E-state index contributed by atoms with van der Waals surface area (Å²) in [6.07, 6.45) is 0. The van der Waals surface area contributed by atoms with E-state index in [-0.39, 0.29) is 5.69 Å². The van der Waals surface area contributed by atoms with E-state index in [1.165, 1.54) is 6.07 Å². The van der Waals surface area contributed by atoms with Crippen LogP contribution in [-0.4, -0.2) is 16.1 Å². The second-order valence-corrected chi connectivity index (χ2v) is 2.69.